The Hall–Kier alpha value is -3.59. The lowest BCUT2D eigenvalue weighted by Crippen LogP contribution is -2.24. The van der Waals surface area contributed by atoms with Crippen LogP contribution in [0.3, 0.4) is 0 Å². The second kappa shape index (κ2) is 11.0. The Morgan fingerprint density at radius 3 is 2.56 bits per heavy atom. The quantitative estimate of drug-likeness (QED) is 0.153. The number of fused-ring (bicyclic) bond motifs is 1. The van der Waals surface area contributed by atoms with Crippen LogP contribution in [0.4, 0.5) is 10.5 Å². The van der Waals surface area contributed by atoms with E-state index in [4.69, 9.17) is 9.47 Å². The Morgan fingerprint density at radius 2 is 1.76 bits per heavy atom. The first-order valence-electron chi connectivity index (χ1n) is 10.7. The van der Waals surface area contributed by atoms with Gasteiger partial charge in [0.05, 0.1) is 16.9 Å². The molecule has 2 amide bonds. The van der Waals surface area contributed by atoms with Crippen molar-refractivity contribution in [3.8, 4) is 11.5 Å². The van der Waals surface area contributed by atoms with Gasteiger partial charge in [0, 0.05) is 5.69 Å². The number of aryl methyl sites for hydroxylation is 1. The van der Waals surface area contributed by atoms with Crippen molar-refractivity contribution in [2.75, 3.05) is 12.4 Å². The van der Waals surface area contributed by atoms with Gasteiger partial charge in [-0.1, -0.05) is 54.6 Å². The minimum atomic E-state index is -0.414. The van der Waals surface area contributed by atoms with Crippen LogP contribution in [-0.4, -0.2) is 19.4 Å². The van der Waals surface area contributed by atoms with Crippen LogP contribution in [-0.2, 0) is 6.61 Å². The number of anilines is 1. The number of urea groups is 1. The molecule has 6 nitrogen and oxygen atoms in total. The van der Waals surface area contributed by atoms with Crippen molar-refractivity contribution >= 4 is 51.3 Å². The van der Waals surface area contributed by atoms with Gasteiger partial charge >= 0.3 is 6.03 Å². The molecule has 172 valence electrons. The zero-order valence-electron chi connectivity index (χ0n) is 18.8. The fraction of sp³-hybridized carbons (Fsp3) is 0.111. The van der Waals surface area contributed by atoms with Crippen LogP contribution in [0.15, 0.2) is 84.0 Å². The summed E-state index contributed by atoms with van der Waals surface area (Å²) in [7, 11) is 1.60. The molecule has 4 aromatic rings. The molecule has 0 spiro atoms. The number of hydrogen-bond donors (Lipinski definition) is 2. The third-order valence-electron chi connectivity index (χ3n) is 5.22. The Morgan fingerprint density at radius 1 is 1.00 bits per heavy atom. The minimum Gasteiger partial charge on any atom is -0.493 e. The molecule has 2 N–H and O–H groups in total. The van der Waals surface area contributed by atoms with Crippen molar-refractivity contribution in [3.63, 3.8) is 0 Å². The summed E-state index contributed by atoms with van der Waals surface area (Å²) in [5.74, 6) is 1.26. The standard InChI is InChI=1S/C27H24IN3O3/c1-18-7-3-6-10-24(18)30-27(32)31-29-16-20-14-23(28)26(25(15-20)33-2)34-17-19-11-12-21-8-4-5-9-22(21)13-19/h3-16H,17H2,1-2H3,(H2,30,31,32). The second-order valence-electron chi connectivity index (χ2n) is 7.64. The monoisotopic (exact) mass is 565 g/mol. The summed E-state index contributed by atoms with van der Waals surface area (Å²) in [5, 5.41) is 9.20. The number of hydrazone groups is 1. The number of ether oxygens (including phenoxy) is 2. The van der Waals surface area contributed by atoms with Gasteiger partial charge in [-0.2, -0.15) is 5.10 Å². The number of rotatable bonds is 7. The van der Waals surface area contributed by atoms with E-state index in [0.29, 0.717) is 18.1 Å². The second-order valence-corrected chi connectivity index (χ2v) is 8.81. The molecule has 0 aliphatic heterocycles. The summed E-state index contributed by atoms with van der Waals surface area (Å²) in [6, 6.07) is 25.4. The maximum atomic E-state index is 12.1. The Bertz CT molecular complexity index is 1350. The molecular formula is C27H24IN3O3. The SMILES string of the molecule is COc1cc(C=NNC(=O)Nc2ccccc2C)cc(I)c1OCc1ccc2ccccc2c1. The average Bonchev–Trinajstić information content (AvgIpc) is 2.84. The fourth-order valence-electron chi connectivity index (χ4n) is 3.47. The van der Waals surface area contributed by atoms with Crippen LogP contribution in [0, 0.1) is 10.5 Å². The first-order valence-corrected chi connectivity index (χ1v) is 11.7. The van der Waals surface area contributed by atoms with Crippen molar-refractivity contribution < 1.29 is 14.3 Å². The Kier molecular flexibility index (Phi) is 7.64. The average molecular weight is 565 g/mol. The van der Waals surface area contributed by atoms with Gasteiger partial charge in [0.1, 0.15) is 6.61 Å². The van der Waals surface area contributed by atoms with Crippen LogP contribution >= 0.6 is 22.6 Å². The van der Waals surface area contributed by atoms with Gasteiger partial charge in [-0.05, 0) is 81.2 Å². The number of amides is 2. The van der Waals surface area contributed by atoms with E-state index in [1.807, 2.05) is 55.5 Å². The van der Waals surface area contributed by atoms with Gasteiger partial charge < -0.3 is 14.8 Å². The molecule has 4 aromatic carbocycles. The summed E-state index contributed by atoms with van der Waals surface area (Å²) >= 11 is 2.21. The van der Waals surface area contributed by atoms with Crippen molar-refractivity contribution in [1.82, 2.24) is 5.43 Å². The van der Waals surface area contributed by atoms with E-state index in [-0.39, 0.29) is 0 Å². The first kappa shape index (κ1) is 23.6. The lowest BCUT2D eigenvalue weighted by molar-refractivity contribution is 0.252. The molecule has 0 unspecified atom stereocenters. The van der Waals surface area contributed by atoms with E-state index in [1.165, 1.54) is 10.8 Å². The van der Waals surface area contributed by atoms with Gasteiger partial charge in [-0.25, -0.2) is 10.2 Å². The first-order chi connectivity index (χ1) is 16.5. The minimum absolute atomic E-state index is 0.414. The van der Waals surface area contributed by atoms with E-state index in [9.17, 15) is 4.79 Å². The highest BCUT2D eigenvalue weighted by Gasteiger charge is 2.12. The van der Waals surface area contributed by atoms with E-state index < -0.39 is 6.03 Å². The molecule has 0 atom stereocenters. The van der Waals surface area contributed by atoms with Gasteiger partial charge in [-0.3, -0.25) is 0 Å². The molecule has 0 heterocycles. The molecule has 0 bridgehead atoms. The number of carbonyl (C=O) groups excluding carboxylic acids is 1. The fourth-order valence-corrected chi connectivity index (χ4v) is 4.25. The molecule has 0 radical (unpaired) electrons. The smallest absolute Gasteiger partial charge is 0.339 e. The lowest BCUT2D eigenvalue weighted by atomic mass is 10.1. The Balaban J connectivity index is 1.41. The number of halogens is 1. The lowest BCUT2D eigenvalue weighted by Gasteiger charge is -2.14. The molecule has 0 saturated carbocycles. The summed E-state index contributed by atoms with van der Waals surface area (Å²) in [6.45, 7) is 2.35. The number of nitrogens with one attached hydrogen (secondary N) is 2. The number of benzene rings is 4. The van der Waals surface area contributed by atoms with Crippen molar-refractivity contribution in [1.29, 1.82) is 0 Å². The number of para-hydroxylation sites is 1. The summed E-state index contributed by atoms with van der Waals surface area (Å²) in [5.41, 5.74) is 6.04. The summed E-state index contributed by atoms with van der Waals surface area (Å²) in [4.78, 5) is 12.1. The van der Waals surface area contributed by atoms with Crippen LogP contribution < -0.4 is 20.2 Å². The predicted octanol–water partition coefficient (Wildman–Crippen LogP) is 6.50. The van der Waals surface area contributed by atoms with E-state index in [0.717, 1.165) is 25.9 Å². The van der Waals surface area contributed by atoms with Crippen LogP contribution in [0.2, 0.25) is 0 Å². The summed E-state index contributed by atoms with van der Waals surface area (Å²) < 4.78 is 12.5. The highest BCUT2D eigenvalue weighted by Crippen LogP contribution is 2.34. The van der Waals surface area contributed by atoms with E-state index in [2.05, 4.69) is 68.8 Å². The van der Waals surface area contributed by atoms with Gasteiger partial charge in [-0.15, -0.1) is 0 Å². The van der Waals surface area contributed by atoms with Crippen molar-refractivity contribution in [2.24, 2.45) is 5.10 Å². The molecule has 0 saturated heterocycles. The normalized spacial score (nSPS) is 10.9. The largest absolute Gasteiger partial charge is 0.493 e. The molecular weight excluding hydrogens is 541 g/mol. The number of hydrogen-bond acceptors (Lipinski definition) is 4. The van der Waals surface area contributed by atoms with Gasteiger partial charge in [0.2, 0.25) is 0 Å². The molecule has 0 fully saturated rings. The predicted molar refractivity (Wildman–Crippen MR) is 145 cm³/mol. The molecule has 0 aliphatic carbocycles. The van der Waals surface area contributed by atoms with E-state index in [1.54, 1.807) is 13.3 Å². The van der Waals surface area contributed by atoms with E-state index >= 15 is 0 Å². The van der Waals surface area contributed by atoms with Crippen LogP contribution in [0.25, 0.3) is 10.8 Å². The van der Waals surface area contributed by atoms with Crippen LogP contribution in [0.5, 0.6) is 11.5 Å². The highest BCUT2D eigenvalue weighted by atomic mass is 127. The van der Waals surface area contributed by atoms with Crippen molar-refractivity contribution in [3.05, 3.63) is 99.1 Å². The Labute approximate surface area is 212 Å². The van der Waals surface area contributed by atoms with Crippen LogP contribution in [0.1, 0.15) is 16.7 Å². The highest BCUT2D eigenvalue weighted by molar-refractivity contribution is 14.1. The van der Waals surface area contributed by atoms with Gasteiger partial charge in [0.25, 0.3) is 0 Å². The van der Waals surface area contributed by atoms with Crippen molar-refractivity contribution in [2.45, 2.75) is 13.5 Å². The maximum absolute atomic E-state index is 12.1. The third kappa shape index (κ3) is 5.85. The molecule has 0 aromatic heterocycles. The zero-order chi connectivity index (χ0) is 23.9. The molecule has 7 heteroatoms. The molecule has 4 rings (SSSR count). The molecule has 34 heavy (non-hydrogen) atoms. The number of carbonyl (C=O) groups is 1. The number of nitrogens with zero attached hydrogens (tertiary/aromatic N) is 1. The maximum Gasteiger partial charge on any atom is 0.339 e. The zero-order valence-corrected chi connectivity index (χ0v) is 21.0. The third-order valence-corrected chi connectivity index (χ3v) is 6.02. The molecule has 0 aliphatic rings. The van der Waals surface area contributed by atoms with Gasteiger partial charge in [0.15, 0.2) is 11.5 Å². The number of methoxy groups -OCH3 is 1. The topological polar surface area (TPSA) is 72.0 Å². The summed E-state index contributed by atoms with van der Waals surface area (Å²) in [6.07, 6.45) is 1.56.